The Hall–Kier alpha value is -0.0800. The fourth-order valence-corrected chi connectivity index (χ4v) is 0.940. The van der Waals surface area contributed by atoms with Crippen molar-refractivity contribution in [1.29, 1.82) is 0 Å². The highest BCUT2D eigenvalue weighted by atomic mass is 16.6. The molecule has 1 heterocycles. The zero-order valence-electron chi connectivity index (χ0n) is 4.13. The summed E-state index contributed by atoms with van der Waals surface area (Å²) in [7, 11) is 0. The quantitative estimate of drug-likeness (QED) is 0.473. The molecular formula is C5H9NO. The van der Waals surface area contributed by atoms with Crippen molar-refractivity contribution in [1.82, 2.24) is 0 Å². The van der Waals surface area contributed by atoms with Crippen LogP contribution in [0.2, 0.25) is 0 Å². The molecule has 0 aromatic rings. The van der Waals surface area contributed by atoms with Crippen LogP contribution in [0.25, 0.3) is 0 Å². The van der Waals surface area contributed by atoms with Gasteiger partial charge in [-0.1, -0.05) is 0 Å². The summed E-state index contributed by atoms with van der Waals surface area (Å²) in [6.07, 6.45) is 3.25. The van der Waals surface area contributed by atoms with Gasteiger partial charge < -0.3 is 10.5 Å². The fourth-order valence-electron chi connectivity index (χ4n) is 0.940. The van der Waals surface area contributed by atoms with Crippen LogP contribution >= 0.6 is 0 Å². The van der Waals surface area contributed by atoms with Crippen molar-refractivity contribution in [3.05, 3.63) is 0 Å². The Labute approximate surface area is 42.6 Å². The summed E-state index contributed by atoms with van der Waals surface area (Å²) >= 11 is 0. The second kappa shape index (κ2) is 1.01. The number of ether oxygens (including phenoxy) is 1. The molecule has 2 atom stereocenters. The summed E-state index contributed by atoms with van der Waals surface area (Å²) in [5.74, 6) is 0.843. The third-order valence-corrected chi connectivity index (χ3v) is 1.65. The molecule has 2 nitrogen and oxygen atoms in total. The lowest BCUT2D eigenvalue weighted by Gasteiger charge is -1.76. The Morgan fingerprint density at radius 1 is 1.43 bits per heavy atom. The third-order valence-electron chi connectivity index (χ3n) is 1.65. The lowest BCUT2D eigenvalue weighted by atomic mass is 10.3. The largest absolute Gasteiger partial charge is 0.353 e. The number of nitrogens with two attached hydrogens (primary N) is 1. The van der Waals surface area contributed by atoms with Crippen molar-refractivity contribution >= 4 is 0 Å². The van der Waals surface area contributed by atoms with Gasteiger partial charge in [0.15, 0.2) is 0 Å². The first-order valence-corrected chi connectivity index (χ1v) is 2.79. The molecule has 2 aliphatic rings. The summed E-state index contributed by atoms with van der Waals surface area (Å²) < 4.78 is 5.02. The van der Waals surface area contributed by atoms with Gasteiger partial charge in [0, 0.05) is 0 Å². The van der Waals surface area contributed by atoms with E-state index < -0.39 is 0 Å². The van der Waals surface area contributed by atoms with Crippen molar-refractivity contribution in [3.8, 4) is 0 Å². The molecule has 1 aliphatic heterocycles. The molecule has 0 spiro atoms. The van der Waals surface area contributed by atoms with Crippen LogP contribution in [0, 0.1) is 5.92 Å². The normalized spacial score (nSPS) is 49.3. The van der Waals surface area contributed by atoms with E-state index in [4.69, 9.17) is 10.5 Å². The van der Waals surface area contributed by atoms with Gasteiger partial charge >= 0.3 is 0 Å². The fraction of sp³-hybridized carbons (Fsp3) is 1.00. The number of hydrogen-bond donors (Lipinski definition) is 1. The lowest BCUT2D eigenvalue weighted by molar-refractivity contribution is 0.359. The highest BCUT2D eigenvalue weighted by Crippen LogP contribution is 2.42. The molecule has 2 fully saturated rings. The predicted octanol–water partition coefficient (Wildman–Crippen LogP) is 0.0800. The van der Waals surface area contributed by atoms with E-state index >= 15 is 0 Å². The molecule has 2 N–H and O–H groups in total. The van der Waals surface area contributed by atoms with E-state index in [0.29, 0.717) is 6.10 Å². The summed E-state index contributed by atoms with van der Waals surface area (Å²) in [6, 6.07) is 0. The van der Waals surface area contributed by atoms with Gasteiger partial charge in [0.25, 0.3) is 0 Å². The molecule has 2 unspecified atom stereocenters. The highest BCUT2D eigenvalue weighted by molar-refractivity contribution is 4.93. The van der Waals surface area contributed by atoms with E-state index in [0.717, 1.165) is 5.92 Å². The molecule has 2 rings (SSSR count). The molecule has 1 aliphatic carbocycles. The van der Waals surface area contributed by atoms with Crippen molar-refractivity contribution in [2.75, 3.05) is 0 Å². The third kappa shape index (κ3) is 0.545. The van der Waals surface area contributed by atoms with E-state index in [9.17, 15) is 0 Å². The van der Waals surface area contributed by atoms with Gasteiger partial charge in [-0.25, -0.2) is 0 Å². The van der Waals surface area contributed by atoms with Crippen LogP contribution in [0.4, 0.5) is 0 Å². The summed E-state index contributed by atoms with van der Waals surface area (Å²) in [6.45, 7) is 0. The Morgan fingerprint density at radius 3 is 2.14 bits per heavy atom. The molecule has 2 heteroatoms. The topological polar surface area (TPSA) is 38.5 Å². The van der Waals surface area contributed by atoms with Crippen LogP contribution in [0.15, 0.2) is 0 Å². The number of hydrogen-bond acceptors (Lipinski definition) is 2. The van der Waals surface area contributed by atoms with Crippen molar-refractivity contribution < 1.29 is 4.74 Å². The first-order chi connectivity index (χ1) is 3.38. The minimum absolute atomic E-state index is 0.104. The predicted molar refractivity (Wildman–Crippen MR) is 25.6 cm³/mol. The molecule has 0 bridgehead atoms. The summed E-state index contributed by atoms with van der Waals surface area (Å²) in [4.78, 5) is 0. The van der Waals surface area contributed by atoms with Crippen LogP contribution in [-0.2, 0) is 4.74 Å². The highest BCUT2D eigenvalue weighted by Gasteiger charge is 2.47. The van der Waals surface area contributed by atoms with E-state index in [-0.39, 0.29) is 6.23 Å². The first-order valence-electron chi connectivity index (χ1n) is 2.79. The van der Waals surface area contributed by atoms with Gasteiger partial charge in [-0.15, -0.1) is 0 Å². The molecule has 0 radical (unpaired) electrons. The molecule has 0 aromatic carbocycles. The maximum atomic E-state index is 5.39. The average molecular weight is 99.1 g/mol. The second-order valence-electron chi connectivity index (χ2n) is 2.40. The molecule has 1 saturated heterocycles. The Morgan fingerprint density at radius 2 is 2.00 bits per heavy atom. The van der Waals surface area contributed by atoms with Crippen LogP contribution in [0.5, 0.6) is 0 Å². The maximum Gasteiger partial charge on any atom is 0.133 e. The molecule has 40 valence electrons. The summed E-state index contributed by atoms with van der Waals surface area (Å²) in [5, 5.41) is 0. The van der Waals surface area contributed by atoms with E-state index in [1.807, 2.05) is 0 Å². The van der Waals surface area contributed by atoms with Crippen molar-refractivity contribution in [2.45, 2.75) is 25.2 Å². The molecule has 1 saturated carbocycles. The van der Waals surface area contributed by atoms with Crippen molar-refractivity contribution in [2.24, 2.45) is 11.7 Å². The standard InChI is InChI=1S/C5H9NO/c6-5-4(7-5)3-1-2-3/h3-5H,1-2,6H2. The lowest BCUT2D eigenvalue weighted by Crippen LogP contribution is -2.05. The maximum absolute atomic E-state index is 5.39. The summed E-state index contributed by atoms with van der Waals surface area (Å²) in [5.41, 5.74) is 5.39. The Balaban J connectivity index is 1.88. The van der Waals surface area contributed by atoms with Crippen LogP contribution in [-0.4, -0.2) is 12.3 Å². The van der Waals surface area contributed by atoms with Crippen molar-refractivity contribution in [3.63, 3.8) is 0 Å². The first kappa shape index (κ1) is 3.87. The number of rotatable bonds is 1. The van der Waals surface area contributed by atoms with Gasteiger partial charge in [-0.2, -0.15) is 0 Å². The SMILES string of the molecule is NC1OC1C1CC1. The van der Waals surface area contributed by atoms with Crippen LogP contribution in [0.3, 0.4) is 0 Å². The smallest absolute Gasteiger partial charge is 0.133 e. The van der Waals surface area contributed by atoms with Gasteiger partial charge in [-0.3, -0.25) is 0 Å². The van der Waals surface area contributed by atoms with Crippen LogP contribution in [0.1, 0.15) is 12.8 Å². The Bertz CT molecular complexity index is 90.1. The zero-order chi connectivity index (χ0) is 4.85. The van der Waals surface area contributed by atoms with Gasteiger partial charge in [0.2, 0.25) is 0 Å². The van der Waals surface area contributed by atoms with Crippen LogP contribution < -0.4 is 5.73 Å². The van der Waals surface area contributed by atoms with E-state index in [1.165, 1.54) is 12.8 Å². The molecular weight excluding hydrogens is 90.1 g/mol. The Kier molecular flexibility index (Phi) is 0.557. The number of epoxide rings is 1. The molecule has 0 aromatic heterocycles. The van der Waals surface area contributed by atoms with Gasteiger partial charge in [0.05, 0.1) is 0 Å². The van der Waals surface area contributed by atoms with Gasteiger partial charge in [-0.05, 0) is 18.8 Å². The molecule has 7 heavy (non-hydrogen) atoms. The van der Waals surface area contributed by atoms with E-state index in [2.05, 4.69) is 0 Å². The van der Waals surface area contributed by atoms with E-state index in [1.54, 1.807) is 0 Å². The monoisotopic (exact) mass is 99.1 g/mol. The molecule has 0 amide bonds. The minimum Gasteiger partial charge on any atom is -0.353 e. The average Bonchev–Trinajstić information content (AvgIpc) is 2.23. The van der Waals surface area contributed by atoms with Gasteiger partial charge in [0.1, 0.15) is 12.3 Å². The minimum atomic E-state index is 0.104. The second-order valence-corrected chi connectivity index (χ2v) is 2.40. The zero-order valence-corrected chi connectivity index (χ0v) is 4.13.